The van der Waals surface area contributed by atoms with Gasteiger partial charge in [-0.05, 0) is 56.7 Å². The topological polar surface area (TPSA) is 86.8 Å². The van der Waals surface area contributed by atoms with Crippen molar-refractivity contribution in [2.45, 2.75) is 39.4 Å². The van der Waals surface area contributed by atoms with Crippen LogP contribution in [-0.2, 0) is 26.2 Å². The zero-order valence-electron chi connectivity index (χ0n) is 18.7. The van der Waals surface area contributed by atoms with Crippen LogP contribution in [-0.4, -0.2) is 50.0 Å². The van der Waals surface area contributed by atoms with Crippen LogP contribution < -0.4 is 9.62 Å². The maximum atomic E-state index is 13.4. The number of amides is 2. The van der Waals surface area contributed by atoms with Crippen LogP contribution in [0.4, 0.5) is 10.1 Å². The molecular formula is C22H26Cl2FN3O4S. The summed E-state index contributed by atoms with van der Waals surface area (Å²) in [7, 11) is -3.94. The van der Waals surface area contributed by atoms with Crippen molar-refractivity contribution in [1.82, 2.24) is 10.2 Å². The molecule has 0 saturated heterocycles. The monoisotopic (exact) mass is 517 g/mol. The van der Waals surface area contributed by atoms with E-state index in [0.29, 0.717) is 5.56 Å². The van der Waals surface area contributed by atoms with Gasteiger partial charge in [0.05, 0.1) is 17.0 Å². The van der Waals surface area contributed by atoms with Gasteiger partial charge in [0.15, 0.2) is 0 Å². The Labute approximate surface area is 203 Å². The lowest BCUT2D eigenvalue weighted by molar-refractivity contribution is -0.139. The molecule has 1 atom stereocenters. The third kappa shape index (κ3) is 7.58. The number of sulfonamides is 1. The van der Waals surface area contributed by atoms with Crippen molar-refractivity contribution < 1.29 is 22.4 Å². The van der Waals surface area contributed by atoms with Gasteiger partial charge in [-0.25, -0.2) is 12.8 Å². The molecule has 2 amide bonds. The fourth-order valence-corrected chi connectivity index (χ4v) is 4.34. The van der Waals surface area contributed by atoms with Gasteiger partial charge in [0.25, 0.3) is 0 Å². The molecule has 7 nitrogen and oxygen atoms in total. The molecule has 2 aromatic carbocycles. The quantitative estimate of drug-likeness (QED) is 0.547. The summed E-state index contributed by atoms with van der Waals surface area (Å²) >= 11 is 12.2. The number of anilines is 1. The zero-order valence-corrected chi connectivity index (χ0v) is 21.0. The number of rotatable bonds is 9. The SMILES string of the molecule is CC(C)NC(=O)[C@@H](C)N(Cc1ccc(F)cc1)C(=O)CN(c1cc(Cl)ccc1Cl)S(C)(=O)=O. The second kappa shape index (κ2) is 11.2. The average Bonchev–Trinajstić information content (AvgIpc) is 2.71. The molecule has 0 heterocycles. The summed E-state index contributed by atoms with van der Waals surface area (Å²) in [5.41, 5.74) is 0.613. The van der Waals surface area contributed by atoms with Crippen LogP contribution in [0.2, 0.25) is 10.0 Å². The first kappa shape index (κ1) is 26.9. The molecule has 1 N–H and O–H groups in total. The van der Waals surface area contributed by atoms with Crippen LogP contribution in [0.3, 0.4) is 0 Å². The van der Waals surface area contributed by atoms with Gasteiger partial charge in [0.2, 0.25) is 21.8 Å². The summed E-state index contributed by atoms with van der Waals surface area (Å²) < 4.78 is 39.2. The van der Waals surface area contributed by atoms with Crippen LogP contribution >= 0.6 is 23.2 Å². The number of carbonyl (C=O) groups is 2. The van der Waals surface area contributed by atoms with Crippen molar-refractivity contribution in [3.63, 3.8) is 0 Å². The molecule has 11 heteroatoms. The molecule has 0 bridgehead atoms. The van der Waals surface area contributed by atoms with E-state index in [-0.39, 0.29) is 28.3 Å². The van der Waals surface area contributed by atoms with Crippen LogP contribution in [0.5, 0.6) is 0 Å². The lowest BCUT2D eigenvalue weighted by Crippen LogP contribution is -2.52. The fraction of sp³-hybridized carbons (Fsp3) is 0.364. The number of hydrogen-bond acceptors (Lipinski definition) is 4. The summed E-state index contributed by atoms with van der Waals surface area (Å²) in [4.78, 5) is 27.3. The Morgan fingerprint density at radius 3 is 2.21 bits per heavy atom. The Hall–Kier alpha value is -2.36. The predicted octanol–water partition coefficient (Wildman–Crippen LogP) is 3.84. The summed E-state index contributed by atoms with van der Waals surface area (Å²) in [6, 6.07) is 8.64. The summed E-state index contributed by atoms with van der Waals surface area (Å²) in [6.07, 6.45) is 0.941. The van der Waals surface area contributed by atoms with E-state index in [4.69, 9.17) is 23.2 Å². The summed E-state index contributed by atoms with van der Waals surface area (Å²) in [5, 5.41) is 3.07. The van der Waals surface area contributed by atoms with E-state index in [1.165, 1.54) is 54.3 Å². The Morgan fingerprint density at radius 1 is 1.06 bits per heavy atom. The maximum absolute atomic E-state index is 13.4. The first-order chi connectivity index (χ1) is 15.3. The summed E-state index contributed by atoms with van der Waals surface area (Å²) in [6.45, 7) is 4.45. The highest BCUT2D eigenvalue weighted by Gasteiger charge is 2.31. The zero-order chi connectivity index (χ0) is 24.9. The lowest BCUT2D eigenvalue weighted by Gasteiger charge is -2.32. The lowest BCUT2D eigenvalue weighted by atomic mass is 10.1. The van der Waals surface area contributed by atoms with Crippen molar-refractivity contribution in [3.05, 3.63) is 63.9 Å². The Kier molecular flexibility index (Phi) is 9.11. The molecule has 0 saturated carbocycles. The normalized spacial score (nSPS) is 12.4. The van der Waals surface area contributed by atoms with Gasteiger partial charge in [-0.3, -0.25) is 13.9 Å². The van der Waals surface area contributed by atoms with Crippen molar-refractivity contribution >= 4 is 50.7 Å². The van der Waals surface area contributed by atoms with Gasteiger partial charge in [-0.2, -0.15) is 0 Å². The number of hydrogen-bond donors (Lipinski definition) is 1. The molecule has 2 rings (SSSR count). The van der Waals surface area contributed by atoms with E-state index in [1.807, 2.05) is 0 Å². The Bertz CT molecular complexity index is 1110. The molecule has 0 aliphatic heterocycles. The second-order valence-corrected chi connectivity index (χ2v) is 10.6. The van der Waals surface area contributed by atoms with Gasteiger partial charge in [-0.15, -0.1) is 0 Å². The third-order valence-electron chi connectivity index (χ3n) is 4.72. The molecule has 0 radical (unpaired) electrons. The molecule has 0 spiro atoms. The molecule has 0 unspecified atom stereocenters. The number of carbonyl (C=O) groups excluding carboxylic acids is 2. The van der Waals surface area contributed by atoms with E-state index < -0.39 is 40.2 Å². The first-order valence-electron chi connectivity index (χ1n) is 10.1. The minimum absolute atomic E-state index is 0.0350. The van der Waals surface area contributed by atoms with E-state index >= 15 is 0 Å². The molecular weight excluding hydrogens is 492 g/mol. The number of nitrogens with zero attached hydrogens (tertiary/aromatic N) is 2. The van der Waals surface area contributed by atoms with Crippen molar-refractivity contribution in [2.24, 2.45) is 0 Å². The Morgan fingerprint density at radius 2 is 1.67 bits per heavy atom. The number of halogens is 3. The molecule has 33 heavy (non-hydrogen) atoms. The standard InChI is InChI=1S/C22H26Cl2FN3O4S/c1-14(2)26-22(30)15(3)27(12-16-5-8-18(25)9-6-16)21(29)13-28(33(4,31)32)20-11-17(23)7-10-19(20)24/h5-11,14-15H,12-13H2,1-4H3,(H,26,30)/t15-/m1/s1. The highest BCUT2D eigenvalue weighted by atomic mass is 35.5. The van der Waals surface area contributed by atoms with Crippen molar-refractivity contribution in [2.75, 3.05) is 17.1 Å². The van der Waals surface area contributed by atoms with E-state index in [9.17, 15) is 22.4 Å². The third-order valence-corrected chi connectivity index (χ3v) is 6.40. The highest BCUT2D eigenvalue weighted by Crippen LogP contribution is 2.30. The second-order valence-electron chi connectivity index (χ2n) is 7.85. The minimum Gasteiger partial charge on any atom is -0.352 e. The molecule has 0 aliphatic carbocycles. The smallest absolute Gasteiger partial charge is 0.244 e. The van der Waals surface area contributed by atoms with Gasteiger partial charge in [-0.1, -0.05) is 35.3 Å². The van der Waals surface area contributed by atoms with Crippen LogP contribution in [0.25, 0.3) is 0 Å². The van der Waals surface area contributed by atoms with Crippen LogP contribution in [0.15, 0.2) is 42.5 Å². The first-order valence-corrected chi connectivity index (χ1v) is 12.7. The van der Waals surface area contributed by atoms with Gasteiger partial charge >= 0.3 is 0 Å². The van der Waals surface area contributed by atoms with Gasteiger partial charge in [0.1, 0.15) is 18.4 Å². The predicted molar refractivity (Wildman–Crippen MR) is 128 cm³/mol. The molecule has 2 aromatic rings. The van der Waals surface area contributed by atoms with Crippen molar-refractivity contribution in [3.8, 4) is 0 Å². The van der Waals surface area contributed by atoms with E-state index in [0.717, 1.165) is 10.6 Å². The van der Waals surface area contributed by atoms with Crippen LogP contribution in [0, 0.1) is 5.82 Å². The number of benzene rings is 2. The van der Waals surface area contributed by atoms with Gasteiger partial charge in [0, 0.05) is 17.6 Å². The fourth-order valence-electron chi connectivity index (χ4n) is 3.05. The summed E-state index contributed by atoms with van der Waals surface area (Å²) in [5.74, 6) is -1.50. The number of nitrogens with one attached hydrogen (secondary N) is 1. The Balaban J connectivity index is 2.42. The molecule has 0 aromatic heterocycles. The molecule has 180 valence electrons. The molecule has 0 fully saturated rings. The van der Waals surface area contributed by atoms with Crippen LogP contribution in [0.1, 0.15) is 26.3 Å². The average molecular weight is 518 g/mol. The highest BCUT2D eigenvalue weighted by molar-refractivity contribution is 7.92. The minimum atomic E-state index is -3.94. The van der Waals surface area contributed by atoms with E-state index in [1.54, 1.807) is 13.8 Å². The van der Waals surface area contributed by atoms with E-state index in [2.05, 4.69) is 5.32 Å². The largest absolute Gasteiger partial charge is 0.352 e. The maximum Gasteiger partial charge on any atom is 0.244 e. The molecule has 0 aliphatic rings. The van der Waals surface area contributed by atoms with Gasteiger partial charge < -0.3 is 10.2 Å². The van der Waals surface area contributed by atoms with Crippen molar-refractivity contribution in [1.29, 1.82) is 0 Å².